The van der Waals surface area contributed by atoms with Crippen molar-refractivity contribution in [3.8, 4) is 6.07 Å². The highest BCUT2D eigenvalue weighted by Crippen LogP contribution is 2.18. The van der Waals surface area contributed by atoms with Gasteiger partial charge in [0.25, 0.3) is 0 Å². The molecule has 0 aliphatic carbocycles. The van der Waals surface area contributed by atoms with Crippen LogP contribution in [-0.4, -0.2) is 30.7 Å². The number of ether oxygens (including phenoxy) is 1. The van der Waals surface area contributed by atoms with Gasteiger partial charge in [0.1, 0.15) is 0 Å². The van der Waals surface area contributed by atoms with Gasteiger partial charge in [0.05, 0.1) is 18.0 Å². The van der Waals surface area contributed by atoms with E-state index < -0.39 is 5.54 Å². The fraction of sp³-hybridized carbons (Fsp3) is 0.818. The van der Waals surface area contributed by atoms with Gasteiger partial charge in [-0.2, -0.15) is 5.26 Å². The van der Waals surface area contributed by atoms with E-state index in [0.717, 1.165) is 6.42 Å². The van der Waals surface area contributed by atoms with Crippen molar-refractivity contribution in [2.75, 3.05) is 13.2 Å². The van der Waals surface area contributed by atoms with Crippen LogP contribution in [0.5, 0.6) is 0 Å². The average molecular weight is 225 g/mol. The van der Waals surface area contributed by atoms with Gasteiger partial charge >= 0.3 is 0 Å². The van der Waals surface area contributed by atoms with Crippen LogP contribution >= 0.6 is 0 Å². The summed E-state index contributed by atoms with van der Waals surface area (Å²) in [6, 6.07) is 1.96. The molecule has 16 heavy (non-hydrogen) atoms. The van der Waals surface area contributed by atoms with E-state index in [1.54, 1.807) is 0 Å². The Balaban J connectivity index is 2.52. The Hall–Kier alpha value is -1.12. The number of nitrogens with one attached hydrogen (secondary N) is 1. The fourth-order valence-electron chi connectivity index (χ4n) is 1.70. The van der Waals surface area contributed by atoms with E-state index >= 15 is 0 Å². The van der Waals surface area contributed by atoms with Crippen LogP contribution < -0.4 is 11.1 Å². The summed E-state index contributed by atoms with van der Waals surface area (Å²) in [5, 5.41) is 11.4. The molecule has 0 radical (unpaired) electrons. The molecule has 5 nitrogen and oxygen atoms in total. The van der Waals surface area contributed by atoms with Crippen LogP contribution in [0.25, 0.3) is 0 Å². The Kier molecular flexibility index (Phi) is 4.71. The van der Waals surface area contributed by atoms with Crippen LogP contribution in [0.3, 0.4) is 0 Å². The minimum Gasteiger partial charge on any atom is -0.381 e. The van der Waals surface area contributed by atoms with Gasteiger partial charge in [-0.15, -0.1) is 0 Å². The van der Waals surface area contributed by atoms with Gasteiger partial charge in [-0.05, 0) is 19.3 Å². The molecule has 0 bridgehead atoms. The summed E-state index contributed by atoms with van der Waals surface area (Å²) in [7, 11) is 0. The molecule has 0 spiro atoms. The van der Waals surface area contributed by atoms with Crippen LogP contribution in [0.4, 0.5) is 0 Å². The lowest BCUT2D eigenvalue weighted by Gasteiger charge is -2.33. The van der Waals surface area contributed by atoms with Crippen molar-refractivity contribution in [3.05, 3.63) is 0 Å². The van der Waals surface area contributed by atoms with Crippen LogP contribution in [-0.2, 0) is 9.53 Å². The molecule has 1 amide bonds. The van der Waals surface area contributed by atoms with Gasteiger partial charge in [0.2, 0.25) is 5.91 Å². The summed E-state index contributed by atoms with van der Waals surface area (Å²) < 4.78 is 5.18. The number of nitrogens with two attached hydrogens (primary N) is 1. The molecule has 1 saturated heterocycles. The third-order valence-corrected chi connectivity index (χ3v) is 3.00. The zero-order chi connectivity index (χ0) is 12.0. The maximum Gasteiger partial charge on any atom is 0.240 e. The molecule has 1 unspecified atom stereocenters. The minimum atomic E-state index is -0.818. The molecule has 1 aliphatic heterocycles. The van der Waals surface area contributed by atoms with Gasteiger partial charge in [0.15, 0.2) is 0 Å². The second-order valence-corrected chi connectivity index (χ2v) is 4.21. The topological polar surface area (TPSA) is 88.1 Å². The van der Waals surface area contributed by atoms with E-state index in [9.17, 15) is 4.79 Å². The van der Waals surface area contributed by atoms with Gasteiger partial charge < -0.3 is 15.8 Å². The van der Waals surface area contributed by atoms with Crippen molar-refractivity contribution >= 4 is 5.91 Å². The normalized spacial score (nSPS) is 20.8. The monoisotopic (exact) mass is 225 g/mol. The summed E-state index contributed by atoms with van der Waals surface area (Å²) >= 11 is 0. The van der Waals surface area contributed by atoms with E-state index in [-0.39, 0.29) is 11.9 Å². The van der Waals surface area contributed by atoms with Gasteiger partial charge in [-0.1, -0.05) is 6.92 Å². The highest BCUT2D eigenvalue weighted by molar-refractivity contribution is 5.86. The number of carbonyl (C=O) groups is 1. The maximum absolute atomic E-state index is 12.0. The van der Waals surface area contributed by atoms with Gasteiger partial charge in [0, 0.05) is 19.3 Å². The van der Waals surface area contributed by atoms with Crippen molar-refractivity contribution in [1.82, 2.24) is 5.32 Å². The quantitative estimate of drug-likeness (QED) is 0.720. The molecule has 1 aliphatic rings. The first-order chi connectivity index (χ1) is 7.62. The Morgan fingerprint density at radius 2 is 2.25 bits per heavy atom. The highest BCUT2D eigenvalue weighted by atomic mass is 16.5. The molecule has 0 aromatic heterocycles. The second-order valence-electron chi connectivity index (χ2n) is 4.21. The summed E-state index contributed by atoms with van der Waals surface area (Å²) in [5.41, 5.74) is 5.21. The first-order valence-electron chi connectivity index (χ1n) is 5.67. The lowest BCUT2D eigenvalue weighted by Crippen LogP contribution is -2.58. The largest absolute Gasteiger partial charge is 0.381 e. The van der Waals surface area contributed by atoms with Crippen molar-refractivity contribution in [2.24, 2.45) is 5.73 Å². The number of hydrogen-bond donors (Lipinski definition) is 2. The molecule has 90 valence electrons. The van der Waals surface area contributed by atoms with Crippen LogP contribution in [0, 0.1) is 11.3 Å². The zero-order valence-corrected chi connectivity index (χ0v) is 9.66. The zero-order valence-electron chi connectivity index (χ0n) is 9.66. The Bertz CT molecular complexity index is 279. The van der Waals surface area contributed by atoms with E-state index in [1.165, 1.54) is 0 Å². The van der Waals surface area contributed by atoms with Crippen LogP contribution in [0.15, 0.2) is 0 Å². The Morgan fingerprint density at radius 3 is 2.75 bits per heavy atom. The van der Waals surface area contributed by atoms with E-state index in [1.807, 2.05) is 6.92 Å². The predicted molar refractivity (Wildman–Crippen MR) is 59.4 cm³/mol. The molecule has 1 atom stereocenters. The third-order valence-electron chi connectivity index (χ3n) is 3.00. The number of rotatable bonds is 4. The second kappa shape index (κ2) is 5.83. The Morgan fingerprint density at radius 1 is 1.62 bits per heavy atom. The van der Waals surface area contributed by atoms with Gasteiger partial charge in [-0.3, -0.25) is 4.79 Å². The summed E-state index contributed by atoms with van der Waals surface area (Å²) in [6.07, 6.45) is 2.16. The lowest BCUT2D eigenvalue weighted by molar-refractivity contribution is -0.130. The number of carbonyl (C=O) groups excluding carboxylic acids is 1. The number of nitrogens with zero attached hydrogens (tertiary/aromatic N) is 1. The summed E-state index contributed by atoms with van der Waals surface area (Å²) in [6.45, 7) is 2.99. The molecular formula is C11H19N3O2. The van der Waals surface area contributed by atoms with E-state index in [0.29, 0.717) is 32.5 Å². The van der Waals surface area contributed by atoms with Crippen molar-refractivity contribution < 1.29 is 9.53 Å². The van der Waals surface area contributed by atoms with Crippen molar-refractivity contribution in [2.45, 2.75) is 44.2 Å². The fourth-order valence-corrected chi connectivity index (χ4v) is 1.70. The van der Waals surface area contributed by atoms with E-state index in [2.05, 4.69) is 11.4 Å². The molecule has 1 heterocycles. The van der Waals surface area contributed by atoms with Gasteiger partial charge in [-0.25, -0.2) is 0 Å². The minimum absolute atomic E-state index is 0.0965. The number of amides is 1. The number of hydrogen-bond acceptors (Lipinski definition) is 4. The molecule has 1 fully saturated rings. The SMILES string of the molecule is CCC(CC#N)NC(=O)C1(N)CCOCC1. The average Bonchev–Trinajstić information content (AvgIpc) is 2.29. The first kappa shape index (κ1) is 12.9. The predicted octanol–water partition coefficient (Wildman–Crippen LogP) is 0.303. The molecule has 0 aromatic carbocycles. The van der Waals surface area contributed by atoms with E-state index in [4.69, 9.17) is 15.7 Å². The number of nitriles is 1. The maximum atomic E-state index is 12.0. The van der Waals surface area contributed by atoms with Crippen LogP contribution in [0.2, 0.25) is 0 Å². The van der Waals surface area contributed by atoms with Crippen molar-refractivity contribution in [1.29, 1.82) is 5.26 Å². The molecule has 0 saturated carbocycles. The molecule has 1 rings (SSSR count). The van der Waals surface area contributed by atoms with Crippen molar-refractivity contribution in [3.63, 3.8) is 0 Å². The molecular weight excluding hydrogens is 206 g/mol. The first-order valence-corrected chi connectivity index (χ1v) is 5.67. The summed E-state index contributed by atoms with van der Waals surface area (Å²) in [5.74, 6) is -0.155. The molecule has 0 aromatic rings. The Labute approximate surface area is 95.9 Å². The molecule has 5 heteroatoms. The molecule has 3 N–H and O–H groups in total. The standard InChI is InChI=1S/C11H19N3O2/c1-2-9(3-6-12)14-10(15)11(13)4-7-16-8-5-11/h9H,2-5,7-8,13H2,1H3,(H,14,15). The summed E-state index contributed by atoms with van der Waals surface area (Å²) in [4.78, 5) is 12.0. The third kappa shape index (κ3) is 3.19. The smallest absolute Gasteiger partial charge is 0.240 e. The van der Waals surface area contributed by atoms with Crippen LogP contribution in [0.1, 0.15) is 32.6 Å². The lowest BCUT2D eigenvalue weighted by atomic mass is 9.90. The highest BCUT2D eigenvalue weighted by Gasteiger charge is 2.36.